The Balaban J connectivity index is 0.000000168. The summed E-state index contributed by atoms with van der Waals surface area (Å²) in [4.78, 5) is 25.5. The quantitative estimate of drug-likeness (QED) is 0.191. The molecule has 0 fully saturated rings. The van der Waals surface area contributed by atoms with Gasteiger partial charge in [-0.1, -0.05) is 91.8 Å². The Hall–Kier alpha value is -3.34. The summed E-state index contributed by atoms with van der Waals surface area (Å²) in [6.07, 6.45) is 0. The van der Waals surface area contributed by atoms with E-state index >= 15 is 0 Å². The van der Waals surface area contributed by atoms with E-state index in [1.165, 1.54) is 22.3 Å². The molecule has 0 spiro atoms. The van der Waals surface area contributed by atoms with Gasteiger partial charge < -0.3 is 0 Å². The Morgan fingerprint density at radius 2 is 0.833 bits per heavy atom. The van der Waals surface area contributed by atoms with Crippen molar-refractivity contribution < 1.29 is 0 Å². The maximum atomic E-state index is 12.8. The first-order valence-corrected chi connectivity index (χ1v) is 16.6. The van der Waals surface area contributed by atoms with E-state index in [2.05, 4.69) is 91.8 Å². The van der Waals surface area contributed by atoms with Gasteiger partial charge in [0, 0.05) is 40.3 Å². The monoisotopic (exact) mass is 592 g/mol. The largest absolute Gasteiger partial charge is 0.289 e. The summed E-state index contributed by atoms with van der Waals surface area (Å²) in [7, 11) is 0. The fourth-order valence-electron chi connectivity index (χ4n) is 5.45. The molecule has 4 aromatic carbocycles. The molecule has 0 saturated carbocycles. The molecule has 0 unspecified atom stereocenters. The lowest BCUT2D eigenvalue weighted by atomic mass is 10.00. The van der Waals surface area contributed by atoms with Crippen molar-refractivity contribution in [1.82, 2.24) is 0 Å². The van der Waals surface area contributed by atoms with E-state index in [-0.39, 0.29) is 10.9 Å². The van der Waals surface area contributed by atoms with Gasteiger partial charge in [-0.3, -0.25) is 9.59 Å². The first-order chi connectivity index (χ1) is 20.0. The molecule has 2 nitrogen and oxygen atoms in total. The van der Waals surface area contributed by atoms with Crippen LogP contribution >= 0.6 is 22.7 Å². The summed E-state index contributed by atoms with van der Waals surface area (Å²) >= 11 is 3.50. The Bertz CT molecular complexity index is 1890. The van der Waals surface area contributed by atoms with Crippen LogP contribution < -0.4 is 10.9 Å². The van der Waals surface area contributed by atoms with Crippen LogP contribution in [0, 0.1) is 0 Å². The van der Waals surface area contributed by atoms with Crippen molar-refractivity contribution in [2.45, 2.75) is 79.1 Å². The SMILES string of the molecule is CC(C)c1ccc2c(=O)c3cccc(C(C)C)c3sc2c1.CC(C)c1ccc2c(=O)c3cccc(C(C)C)c3sc2c1. The van der Waals surface area contributed by atoms with Gasteiger partial charge in [-0.25, -0.2) is 0 Å². The molecule has 0 bridgehead atoms. The molecule has 6 rings (SSSR count). The lowest BCUT2D eigenvalue weighted by Gasteiger charge is -2.11. The van der Waals surface area contributed by atoms with Crippen LogP contribution in [0.2, 0.25) is 0 Å². The van der Waals surface area contributed by atoms with Crippen molar-refractivity contribution in [3.63, 3.8) is 0 Å². The van der Waals surface area contributed by atoms with Crippen molar-refractivity contribution in [2.75, 3.05) is 0 Å². The molecule has 0 aliphatic carbocycles. The first kappa shape index (κ1) is 30.1. The summed E-state index contributed by atoms with van der Waals surface area (Å²) in [6, 6.07) is 24.7. The summed E-state index contributed by atoms with van der Waals surface area (Å²) in [5, 5.41) is 3.41. The second-order valence-electron chi connectivity index (χ2n) is 12.4. The average molecular weight is 593 g/mol. The Kier molecular flexibility index (Phi) is 8.68. The number of hydrogen-bond acceptors (Lipinski definition) is 4. The molecule has 0 aliphatic rings. The lowest BCUT2D eigenvalue weighted by molar-refractivity contribution is 0.869. The smallest absolute Gasteiger partial charge is 0.195 e. The molecule has 0 amide bonds. The van der Waals surface area contributed by atoms with Crippen molar-refractivity contribution in [2.24, 2.45) is 0 Å². The Morgan fingerprint density at radius 3 is 1.17 bits per heavy atom. The summed E-state index contributed by atoms with van der Waals surface area (Å²) in [5.41, 5.74) is 5.45. The van der Waals surface area contributed by atoms with Gasteiger partial charge in [0.1, 0.15) is 0 Å². The fraction of sp³-hybridized carbons (Fsp3) is 0.316. The molecule has 0 saturated heterocycles. The third-order valence-corrected chi connectivity index (χ3v) is 10.5. The molecule has 0 atom stereocenters. The summed E-state index contributed by atoms with van der Waals surface area (Å²) in [6.45, 7) is 17.5. The minimum Gasteiger partial charge on any atom is -0.289 e. The van der Waals surface area contributed by atoms with Crippen molar-refractivity contribution >= 4 is 63.0 Å². The van der Waals surface area contributed by atoms with E-state index in [0.717, 1.165) is 40.3 Å². The predicted molar refractivity (Wildman–Crippen MR) is 188 cm³/mol. The highest BCUT2D eigenvalue weighted by Crippen LogP contribution is 2.34. The topological polar surface area (TPSA) is 34.1 Å². The molecule has 6 aromatic rings. The minimum atomic E-state index is 0.163. The van der Waals surface area contributed by atoms with Gasteiger partial charge in [-0.15, -0.1) is 22.7 Å². The van der Waals surface area contributed by atoms with Gasteiger partial charge in [0.15, 0.2) is 10.9 Å². The van der Waals surface area contributed by atoms with Gasteiger partial charge in [0.25, 0.3) is 0 Å². The number of hydrogen-bond donors (Lipinski definition) is 0. The van der Waals surface area contributed by atoms with E-state index in [0.29, 0.717) is 23.7 Å². The Morgan fingerprint density at radius 1 is 0.452 bits per heavy atom. The summed E-state index contributed by atoms with van der Waals surface area (Å²) < 4.78 is 4.50. The number of benzene rings is 4. The second kappa shape index (κ2) is 12.1. The van der Waals surface area contributed by atoms with Gasteiger partial charge in [-0.05, 0) is 82.3 Å². The maximum Gasteiger partial charge on any atom is 0.195 e. The van der Waals surface area contributed by atoms with E-state index in [4.69, 9.17) is 0 Å². The fourth-order valence-corrected chi connectivity index (χ4v) is 8.21. The molecule has 4 heteroatoms. The minimum absolute atomic E-state index is 0.163. The normalized spacial score (nSPS) is 11.9. The standard InChI is InChI=1S/2C19H20OS/c2*1-11(2)13-8-9-15-17(10-13)21-19-14(12(3)4)6-5-7-16(19)18(15)20/h2*5-12H,1-4H3. The Labute approximate surface area is 256 Å². The molecule has 42 heavy (non-hydrogen) atoms. The molecule has 0 radical (unpaired) electrons. The highest BCUT2D eigenvalue weighted by Gasteiger charge is 2.13. The zero-order valence-corrected chi connectivity index (χ0v) is 27.5. The molecular weight excluding hydrogens is 553 g/mol. The van der Waals surface area contributed by atoms with Crippen LogP contribution in [0.25, 0.3) is 40.3 Å². The average Bonchev–Trinajstić information content (AvgIpc) is 2.96. The summed E-state index contributed by atoms with van der Waals surface area (Å²) in [5.74, 6) is 1.81. The van der Waals surface area contributed by atoms with E-state index in [1.807, 2.05) is 36.4 Å². The van der Waals surface area contributed by atoms with Gasteiger partial charge in [-0.2, -0.15) is 0 Å². The van der Waals surface area contributed by atoms with Gasteiger partial charge in [0.2, 0.25) is 0 Å². The van der Waals surface area contributed by atoms with Crippen molar-refractivity contribution in [3.8, 4) is 0 Å². The highest BCUT2D eigenvalue weighted by atomic mass is 32.1. The molecular formula is C38H40O2S2. The predicted octanol–water partition coefficient (Wildman–Crippen LogP) is 11.3. The van der Waals surface area contributed by atoms with Crippen LogP contribution in [-0.4, -0.2) is 0 Å². The highest BCUT2D eigenvalue weighted by molar-refractivity contribution is 7.25. The molecule has 2 heterocycles. The number of fused-ring (bicyclic) bond motifs is 4. The maximum absolute atomic E-state index is 12.8. The second-order valence-corrected chi connectivity index (χ2v) is 14.5. The van der Waals surface area contributed by atoms with Crippen LogP contribution in [0.4, 0.5) is 0 Å². The zero-order valence-electron chi connectivity index (χ0n) is 25.9. The molecule has 2 aromatic heterocycles. The van der Waals surface area contributed by atoms with E-state index in [1.54, 1.807) is 22.7 Å². The molecule has 0 aliphatic heterocycles. The van der Waals surface area contributed by atoms with Crippen molar-refractivity contribution in [3.05, 3.63) is 115 Å². The molecule has 0 N–H and O–H groups in total. The van der Waals surface area contributed by atoms with Crippen LogP contribution in [0.1, 0.15) is 101 Å². The zero-order chi connectivity index (χ0) is 30.3. The number of rotatable bonds is 4. The van der Waals surface area contributed by atoms with Crippen molar-refractivity contribution in [1.29, 1.82) is 0 Å². The first-order valence-electron chi connectivity index (χ1n) is 15.0. The third kappa shape index (κ3) is 5.67. The van der Waals surface area contributed by atoms with Gasteiger partial charge in [0.05, 0.1) is 0 Å². The van der Waals surface area contributed by atoms with Crippen LogP contribution in [0.15, 0.2) is 82.4 Å². The van der Waals surface area contributed by atoms with Crippen LogP contribution in [0.3, 0.4) is 0 Å². The van der Waals surface area contributed by atoms with Gasteiger partial charge >= 0.3 is 0 Å². The van der Waals surface area contributed by atoms with Crippen LogP contribution in [-0.2, 0) is 0 Å². The van der Waals surface area contributed by atoms with Crippen LogP contribution in [0.5, 0.6) is 0 Å². The van der Waals surface area contributed by atoms with E-state index < -0.39 is 0 Å². The molecule has 216 valence electrons. The lowest BCUT2D eigenvalue weighted by Crippen LogP contribution is -2.03. The van der Waals surface area contributed by atoms with E-state index in [9.17, 15) is 9.59 Å². The third-order valence-electron chi connectivity index (χ3n) is 8.08.